The van der Waals surface area contributed by atoms with E-state index in [0.717, 1.165) is 5.82 Å². The number of benzene rings is 1. The number of carboxylic acids is 1. The van der Waals surface area contributed by atoms with Crippen LogP contribution in [-0.2, 0) is 0 Å². The first-order chi connectivity index (χ1) is 8.11. The predicted octanol–water partition coefficient (Wildman–Crippen LogP) is 2.09. The van der Waals surface area contributed by atoms with E-state index in [2.05, 4.69) is 10.2 Å². The summed E-state index contributed by atoms with van der Waals surface area (Å²) in [4.78, 5) is 11.1. The van der Waals surface area contributed by atoms with Crippen LogP contribution in [-0.4, -0.2) is 25.8 Å². The van der Waals surface area contributed by atoms with Crippen LogP contribution in [0.25, 0.3) is 5.69 Å². The lowest BCUT2D eigenvalue weighted by Gasteiger charge is -2.11. The molecule has 0 saturated heterocycles. The monoisotopic (exact) mass is 231 g/mol. The molecule has 5 heteroatoms. The van der Waals surface area contributed by atoms with Gasteiger partial charge in [-0.15, -0.1) is 10.2 Å². The zero-order chi connectivity index (χ0) is 12.4. The minimum Gasteiger partial charge on any atom is -0.478 e. The molecule has 0 spiro atoms. The Balaban J connectivity index is 2.60. The lowest BCUT2D eigenvalue weighted by atomic mass is 10.1. The van der Waals surface area contributed by atoms with Crippen LogP contribution in [0.1, 0.15) is 35.9 Å². The van der Waals surface area contributed by atoms with Gasteiger partial charge in [0.25, 0.3) is 0 Å². The molecule has 0 unspecified atom stereocenters. The largest absolute Gasteiger partial charge is 0.478 e. The molecule has 88 valence electrons. The van der Waals surface area contributed by atoms with Crippen molar-refractivity contribution in [3.8, 4) is 5.69 Å². The van der Waals surface area contributed by atoms with E-state index in [1.54, 1.807) is 28.8 Å². The Hall–Kier alpha value is -2.17. The minimum absolute atomic E-state index is 0.180. The molecule has 17 heavy (non-hydrogen) atoms. The molecule has 0 amide bonds. The SMILES string of the molecule is CC(C)c1nncn1-c1ccccc1C(=O)O. The van der Waals surface area contributed by atoms with Crippen LogP contribution in [0, 0.1) is 0 Å². The van der Waals surface area contributed by atoms with E-state index in [4.69, 9.17) is 5.11 Å². The summed E-state index contributed by atoms with van der Waals surface area (Å²) >= 11 is 0. The number of para-hydroxylation sites is 1. The van der Waals surface area contributed by atoms with E-state index in [1.807, 2.05) is 13.8 Å². The Morgan fingerprint density at radius 2 is 2.06 bits per heavy atom. The maximum absolute atomic E-state index is 11.1. The summed E-state index contributed by atoms with van der Waals surface area (Å²) in [6.07, 6.45) is 1.54. The third-order valence-corrected chi connectivity index (χ3v) is 2.48. The summed E-state index contributed by atoms with van der Waals surface area (Å²) < 4.78 is 1.72. The minimum atomic E-state index is -0.955. The molecule has 0 aliphatic rings. The molecule has 2 aromatic rings. The van der Waals surface area contributed by atoms with E-state index >= 15 is 0 Å². The van der Waals surface area contributed by atoms with E-state index in [9.17, 15) is 4.79 Å². The Morgan fingerprint density at radius 1 is 1.35 bits per heavy atom. The second kappa shape index (κ2) is 4.37. The average molecular weight is 231 g/mol. The molecule has 1 heterocycles. The molecular formula is C12H13N3O2. The van der Waals surface area contributed by atoms with Gasteiger partial charge in [-0.3, -0.25) is 4.57 Å². The molecule has 0 atom stereocenters. The first-order valence-electron chi connectivity index (χ1n) is 5.34. The van der Waals surface area contributed by atoms with Gasteiger partial charge in [0.15, 0.2) is 0 Å². The summed E-state index contributed by atoms with van der Waals surface area (Å²) in [7, 11) is 0. The molecule has 0 aliphatic carbocycles. The van der Waals surface area contributed by atoms with E-state index < -0.39 is 5.97 Å². The van der Waals surface area contributed by atoms with E-state index in [-0.39, 0.29) is 11.5 Å². The summed E-state index contributed by atoms with van der Waals surface area (Å²) in [6, 6.07) is 6.82. The topological polar surface area (TPSA) is 68.0 Å². The predicted molar refractivity (Wildman–Crippen MR) is 62.4 cm³/mol. The molecule has 0 radical (unpaired) electrons. The van der Waals surface area contributed by atoms with Gasteiger partial charge in [0, 0.05) is 5.92 Å². The third-order valence-electron chi connectivity index (χ3n) is 2.48. The summed E-state index contributed by atoms with van der Waals surface area (Å²) in [5, 5.41) is 17.0. The van der Waals surface area contributed by atoms with Gasteiger partial charge in [-0.2, -0.15) is 0 Å². The van der Waals surface area contributed by atoms with Gasteiger partial charge in [0.2, 0.25) is 0 Å². The van der Waals surface area contributed by atoms with Gasteiger partial charge < -0.3 is 5.11 Å². The molecule has 0 saturated carbocycles. The number of hydrogen-bond donors (Lipinski definition) is 1. The number of nitrogens with zero attached hydrogens (tertiary/aromatic N) is 3. The van der Waals surface area contributed by atoms with Crippen LogP contribution < -0.4 is 0 Å². The Labute approximate surface area is 98.7 Å². The van der Waals surface area contributed by atoms with Gasteiger partial charge in [0.05, 0.1) is 11.3 Å². The molecule has 1 N–H and O–H groups in total. The highest BCUT2D eigenvalue weighted by Crippen LogP contribution is 2.19. The zero-order valence-electron chi connectivity index (χ0n) is 9.66. The van der Waals surface area contributed by atoms with Crippen molar-refractivity contribution in [3.63, 3.8) is 0 Å². The van der Waals surface area contributed by atoms with Crippen molar-refractivity contribution in [3.05, 3.63) is 42.0 Å². The van der Waals surface area contributed by atoms with Gasteiger partial charge in [-0.1, -0.05) is 26.0 Å². The second-order valence-corrected chi connectivity index (χ2v) is 4.04. The highest BCUT2D eigenvalue weighted by molar-refractivity contribution is 5.91. The normalized spacial score (nSPS) is 10.8. The highest BCUT2D eigenvalue weighted by Gasteiger charge is 2.15. The smallest absolute Gasteiger partial charge is 0.337 e. The number of carbonyl (C=O) groups is 1. The Morgan fingerprint density at radius 3 is 2.71 bits per heavy atom. The van der Waals surface area contributed by atoms with Crippen molar-refractivity contribution in [2.45, 2.75) is 19.8 Å². The van der Waals surface area contributed by atoms with Crippen LogP contribution in [0.3, 0.4) is 0 Å². The van der Waals surface area contributed by atoms with Gasteiger partial charge in [-0.05, 0) is 12.1 Å². The maximum atomic E-state index is 11.1. The fourth-order valence-corrected chi connectivity index (χ4v) is 1.69. The average Bonchev–Trinajstić information content (AvgIpc) is 2.77. The Bertz CT molecular complexity index is 546. The number of carboxylic acid groups (broad SMARTS) is 1. The van der Waals surface area contributed by atoms with Gasteiger partial charge in [0.1, 0.15) is 12.2 Å². The van der Waals surface area contributed by atoms with Crippen molar-refractivity contribution in [1.82, 2.24) is 14.8 Å². The second-order valence-electron chi connectivity index (χ2n) is 4.04. The fraction of sp³-hybridized carbons (Fsp3) is 0.250. The maximum Gasteiger partial charge on any atom is 0.337 e. The van der Waals surface area contributed by atoms with Crippen molar-refractivity contribution < 1.29 is 9.90 Å². The standard InChI is InChI=1S/C12H13N3O2/c1-8(2)11-14-13-7-15(11)10-6-4-3-5-9(10)12(16)17/h3-8H,1-2H3,(H,16,17). The molecule has 0 aliphatic heterocycles. The lowest BCUT2D eigenvalue weighted by Crippen LogP contribution is -2.08. The quantitative estimate of drug-likeness (QED) is 0.878. The van der Waals surface area contributed by atoms with E-state index in [0.29, 0.717) is 5.69 Å². The van der Waals surface area contributed by atoms with Crippen LogP contribution >= 0.6 is 0 Å². The number of hydrogen-bond acceptors (Lipinski definition) is 3. The number of rotatable bonds is 3. The van der Waals surface area contributed by atoms with Crippen molar-refractivity contribution in [2.75, 3.05) is 0 Å². The highest BCUT2D eigenvalue weighted by atomic mass is 16.4. The molecule has 0 bridgehead atoms. The molecule has 1 aromatic carbocycles. The molecular weight excluding hydrogens is 218 g/mol. The van der Waals surface area contributed by atoms with Crippen molar-refractivity contribution >= 4 is 5.97 Å². The zero-order valence-corrected chi connectivity index (χ0v) is 9.66. The van der Waals surface area contributed by atoms with Crippen LogP contribution in [0.15, 0.2) is 30.6 Å². The van der Waals surface area contributed by atoms with Crippen LogP contribution in [0.4, 0.5) is 0 Å². The first kappa shape index (κ1) is 11.3. The number of aromatic nitrogens is 3. The van der Waals surface area contributed by atoms with Crippen molar-refractivity contribution in [2.24, 2.45) is 0 Å². The molecule has 2 rings (SSSR count). The molecule has 5 nitrogen and oxygen atoms in total. The first-order valence-corrected chi connectivity index (χ1v) is 5.34. The summed E-state index contributed by atoms with van der Waals surface area (Å²) in [5.41, 5.74) is 0.836. The van der Waals surface area contributed by atoms with Gasteiger partial charge in [-0.25, -0.2) is 4.79 Å². The fourth-order valence-electron chi connectivity index (χ4n) is 1.69. The van der Waals surface area contributed by atoms with Crippen LogP contribution in [0.5, 0.6) is 0 Å². The van der Waals surface area contributed by atoms with Crippen molar-refractivity contribution in [1.29, 1.82) is 0 Å². The van der Waals surface area contributed by atoms with Gasteiger partial charge >= 0.3 is 5.97 Å². The summed E-state index contributed by atoms with van der Waals surface area (Å²) in [6.45, 7) is 3.98. The lowest BCUT2D eigenvalue weighted by molar-refractivity contribution is 0.0697. The van der Waals surface area contributed by atoms with E-state index in [1.165, 1.54) is 6.33 Å². The summed E-state index contributed by atoms with van der Waals surface area (Å²) in [5.74, 6) is -0.0259. The number of aromatic carboxylic acids is 1. The third kappa shape index (κ3) is 2.04. The van der Waals surface area contributed by atoms with Crippen LogP contribution in [0.2, 0.25) is 0 Å². The molecule has 1 aromatic heterocycles. The Kier molecular flexibility index (Phi) is 2.91. The molecule has 0 fully saturated rings.